The number of aliphatic imine (C=N–C) groups is 1. The highest BCUT2D eigenvalue weighted by atomic mass is 16.5. The summed E-state index contributed by atoms with van der Waals surface area (Å²) in [7, 11) is 1.44. The van der Waals surface area contributed by atoms with Crippen molar-refractivity contribution in [3.63, 3.8) is 0 Å². The first-order chi connectivity index (χ1) is 9.67. The van der Waals surface area contributed by atoms with E-state index in [9.17, 15) is 4.79 Å². The molecule has 0 aromatic carbocycles. The van der Waals surface area contributed by atoms with Gasteiger partial charge in [0.15, 0.2) is 0 Å². The molecule has 0 heterocycles. The van der Waals surface area contributed by atoms with E-state index in [2.05, 4.69) is 26.0 Å². The van der Waals surface area contributed by atoms with Crippen LogP contribution in [0.2, 0.25) is 0 Å². The average molecular weight is 277 g/mol. The zero-order valence-electron chi connectivity index (χ0n) is 13.1. The van der Waals surface area contributed by atoms with Gasteiger partial charge in [0.2, 0.25) is 0 Å². The summed E-state index contributed by atoms with van der Waals surface area (Å²) in [5, 5.41) is 0. The molecule has 0 saturated heterocycles. The summed E-state index contributed by atoms with van der Waals surface area (Å²) in [4.78, 5) is 16.1. The molecule has 1 rings (SSSR count). The highest BCUT2D eigenvalue weighted by molar-refractivity contribution is 5.88. The average Bonchev–Trinajstić information content (AvgIpc) is 2.44. The van der Waals surface area contributed by atoms with Crippen LogP contribution in [0.3, 0.4) is 0 Å². The second kappa shape index (κ2) is 9.51. The monoisotopic (exact) mass is 277 g/mol. The predicted octanol–water partition coefficient (Wildman–Crippen LogP) is 4.58. The molecule has 0 atom stereocenters. The van der Waals surface area contributed by atoms with E-state index in [-0.39, 0.29) is 5.97 Å². The van der Waals surface area contributed by atoms with E-state index in [0.29, 0.717) is 12.8 Å². The van der Waals surface area contributed by atoms with Crippen molar-refractivity contribution in [2.24, 2.45) is 4.99 Å². The minimum atomic E-state index is -0.153. The number of esters is 1. The Morgan fingerprint density at radius 1 is 1.20 bits per heavy atom. The Hall–Kier alpha value is -1.38. The smallest absolute Gasteiger partial charge is 0.305 e. The molecule has 0 spiro atoms. The highest BCUT2D eigenvalue weighted by Gasteiger charge is 2.08. The maximum atomic E-state index is 11.3. The van der Waals surface area contributed by atoms with E-state index in [1.165, 1.54) is 18.4 Å². The SMILES string of the molecule is CCC/C(CCC(=O)OC)=N\C1=C(/C)CC/C=C/CC1. The summed E-state index contributed by atoms with van der Waals surface area (Å²) >= 11 is 0. The molecule has 112 valence electrons. The molecular formula is C17H27NO2. The number of rotatable bonds is 6. The number of hydrogen-bond acceptors (Lipinski definition) is 3. The molecule has 1 aliphatic rings. The maximum Gasteiger partial charge on any atom is 0.305 e. The molecule has 0 saturated carbocycles. The normalized spacial score (nSPS) is 22.1. The largest absolute Gasteiger partial charge is 0.469 e. The molecule has 0 aromatic rings. The summed E-state index contributed by atoms with van der Waals surface area (Å²) in [5.41, 5.74) is 3.75. The maximum absolute atomic E-state index is 11.3. The van der Waals surface area contributed by atoms with E-state index in [4.69, 9.17) is 9.73 Å². The highest BCUT2D eigenvalue weighted by Crippen LogP contribution is 2.21. The van der Waals surface area contributed by atoms with Crippen LogP contribution in [0.25, 0.3) is 0 Å². The molecule has 0 N–H and O–H groups in total. The van der Waals surface area contributed by atoms with Gasteiger partial charge in [0.25, 0.3) is 0 Å². The number of carbonyl (C=O) groups excluding carboxylic acids is 1. The van der Waals surface area contributed by atoms with Gasteiger partial charge in [-0.2, -0.15) is 0 Å². The van der Waals surface area contributed by atoms with Crippen molar-refractivity contribution >= 4 is 11.7 Å². The Labute approximate surface area is 122 Å². The Morgan fingerprint density at radius 2 is 1.90 bits per heavy atom. The number of carbonyl (C=O) groups is 1. The summed E-state index contributed by atoms with van der Waals surface area (Å²) in [6, 6.07) is 0. The lowest BCUT2D eigenvalue weighted by Crippen LogP contribution is -2.06. The van der Waals surface area contributed by atoms with Crippen LogP contribution in [0.15, 0.2) is 28.4 Å². The van der Waals surface area contributed by atoms with Crippen LogP contribution in [0.4, 0.5) is 0 Å². The third-order valence-corrected chi connectivity index (χ3v) is 3.57. The van der Waals surface area contributed by atoms with Crippen LogP contribution >= 0.6 is 0 Å². The van der Waals surface area contributed by atoms with Gasteiger partial charge in [-0.25, -0.2) is 0 Å². The molecule has 0 unspecified atom stereocenters. The Bertz CT molecular complexity index is 405. The van der Waals surface area contributed by atoms with Crippen molar-refractivity contribution in [3.8, 4) is 0 Å². The number of hydrogen-bond donors (Lipinski definition) is 0. The summed E-state index contributed by atoms with van der Waals surface area (Å²) in [5.74, 6) is -0.153. The Balaban J connectivity index is 2.76. The first-order valence-corrected chi connectivity index (χ1v) is 7.64. The van der Waals surface area contributed by atoms with Crippen molar-refractivity contribution in [1.29, 1.82) is 0 Å². The molecule has 0 fully saturated rings. The quantitative estimate of drug-likeness (QED) is 0.405. The molecule has 0 aromatic heterocycles. The van der Waals surface area contributed by atoms with Crippen LogP contribution in [-0.2, 0) is 9.53 Å². The molecule has 3 heteroatoms. The minimum Gasteiger partial charge on any atom is -0.469 e. The van der Waals surface area contributed by atoms with E-state index < -0.39 is 0 Å². The van der Waals surface area contributed by atoms with Gasteiger partial charge in [-0.15, -0.1) is 0 Å². The van der Waals surface area contributed by atoms with E-state index in [1.807, 2.05) is 0 Å². The predicted molar refractivity (Wildman–Crippen MR) is 83.9 cm³/mol. The van der Waals surface area contributed by atoms with E-state index in [0.717, 1.165) is 44.2 Å². The van der Waals surface area contributed by atoms with E-state index in [1.54, 1.807) is 0 Å². The Kier molecular flexibility index (Phi) is 7.93. The van der Waals surface area contributed by atoms with Crippen molar-refractivity contribution in [2.75, 3.05) is 7.11 Å². The van der Waals surface area contributed by atoms with Crippen LogP contribution in [0.1, 0.15) is 65.2 Å². The second-order valence-corrected chi connectivity index (χ2v) is 5.28. The lowest BCUT2D eigenvalue weighted by atomic mass is 10.0. The van der Waals surface area contributed by atoms with Crippen LogP contribution in [0, 0.1) is 0 Å². The molecule has 3 nitrogen and oxygen atoms in total. The van der Waals surface area contributed by atoms with Gasteiger partial charge in [0.05, 0.1) is 13.5 Å². The summed E-state index contributed by atoms with van der Waals surface area (Å²) < 4.78 is 4.71. The fourth-order valence-electron chi connectivity index (χ4n) is 2.33. The fourth-order valence-corrected chi connectivity index (χ4v) is 2.33. The summed E-state index contributed by atoms with van der Waals surface area (Å²) in [6.45, 7) is 4.33. The molecular weight excluding hydrogens is 250 g/mol. The van der Waals surface area contributed by atoms with E-state index >= 15 is 0 Å². The van der Waals surface area contributed by atoms with Crippen molar-refractivity contribution in [1.82, 2.24) is 0 Å². The van der Waals surface area contributed by atoms with Crippen molar-refractivity contribution in [2.45, 2.75) is 65.2 Å². The molecule has 20 heavy (non-hydrogen) atoms. The topological polar surface area (TPSA) is 38.7 Å². The first kappa shape index (κ1) is 16.7. The van der Waals surface area contributed by atoms with Gasteiger partial charge in [-0.3, -0.25) is 9.79 Å². The molecule has 0 amide bonds. The number of ether oxygens (including phenoxy) is 1. The fraction of sp³-hybridized carbons (Fsp3) is 0.647. The number of allylic oxidation sites excluding steroid dienone is 4. The van der Waals surface area contributed by atoms with Gasteiger partial charge in [-0.1, -0.05) is 31.1 Å². The molecule has 0 bridgehead atoms. The van der Waals surface area contributed by atoms with Crippen molar-refractivity contribution < 1.29 is 9.53 Å². The van der Waals surface area contributed by atoms with Crippen LogP contribution in [0.5, 0.6) is 0 Å². The zero-order valence-corrected chi connectivity index (χ0v) is 13.1. The lowest BCUT2D eigenvalue weighted by Gasteiger charge is -2.12. The third-order valence-electron chi connectivity index (χ3n) is 3.57. The lowest BCUT2D eigenvalue weighted by molar-refractivity contribution is -0.140. The third kappa shape index (κ3) is 6.18. The van der Waals surface area contributed by atoms with Gasteiger partial charge in [0.1, 0.15) is 0 Å². The second-order valence-electron chi connectivity index (χ2n) is 5.28. The van der Waals surface area contributed by atoms with Gasteiger partial charge in [-0.05, 0) is 45.4 Å². The number of nitrogens with zero attached hydrogens (tertiary/aromatic N) is 1. The molecule has 0 radical (unpaired) electrons. The summed E-state index contributed by atoms with van der Waals surface area (Å²) in [6.07, 6.45) is 11.9. The molecule has 0 aliphatic heterocycles. The van der Waals surface area contributed by atoms with Gasteiger partial charge >= 0.3 is 5.97 Å². The molecule has 1 aliphatic carbocycles. The standard InChI is InChI=1S/C17H27NO2/c1-4-9-15(12-13-17(19)20-3)18-16-11-8-6-5-7-10-14(16)2/h5-6H,4,7-13H2,1-3H3/b6-5+,16-14+,18-15+. The first-order valence-electron chi connectivity index (χ1n) is 7.64. The Morgan fingerprint density at radius 3 is 2.55 bits per heavy atom. The minimum absolute atomic E-state index is 0.153. The zero-order chi connectivity index (χ0) is 14.8. The van der Waals surface area contributed by atoms with Crippen molar-refractivity contribution in [3.05, 3.63) is 23.4 Å². The van der Waals surface area contributed by atoms with Crippen LogP contribution < -0.4 is 0 Å². The van der Waals surface area contributed by atoms with Crippen LogP contribution in [-0.4, -0.2) is 18.8 Å². The number of methoxy groups -OCH3 is 1. The van der Waals surface area contributed by atoms with Gasteiger partial charge in [0, 0.05) is 11.4 Å². The van der Waals surface area contributed by atoms with Gasteiger partial charge < -0.3 is 4.74 Å².